The molecular weight excluding hydrogens is 242 g/mol. The highest BCUT2D eigenvalue weighted by Crippen LogP contribution is 2.13. The zero-order valence-electron chi connectivity index (χ0n) is 11.9. The summed E-state index contributed by atoms with van der Waals surface area (Å²) in [5, 5.41) is 15.0. The normalized spacial score (nSPS) is 13.4. The van der Waals surface area contributed by atoms with Gasteiger partial charge in [0.2, 0.25) is 0 Å². The maximum absolute atomic E-state index is 4.16. The second-order valence-corrected chi connectivity index (χ2v) is 5.47. The molecule has 1 N–H and O–H groups in total. The molecule has 1 atom stereocenters. The number of hydrogen-bond donors (Lipinski definition) is 1. The summed E-state index contributed by atoms with van der Waals surface area (Å²) in [6.45, 7) is 5.40. The van der Waals surface area contributed by atoms with Gasteiger partial charge < -0.3 is 10.2 Å². The molecule has 0 aliphatic carbocycles. The number of nitrogens with zero attached hydrogens (tertiary/aromatic N) is 6. The molecule has 0 bridgehead atoms. The highest BCUT2D eigenvalue weighted by molar-refractivity contribution is 5.44. The summed E-state index contributed by atoms with van der Waals surface area (Å²) in [5.41, 5.74) is 0.651. The van der Waals surface area contributed by atoms with Crippen LogP contribution in [0.1, 0.15) is 20.3 Å². The molecule has 104 valence electrons. The highest BCUT2D eigenvalue weighted by Gasteiger charge is 2.14. The van der Waals surface area contributed by atoms with Crippen LogP contribution in [0.4, 0.5) is 5.82 Å². The number of hydrogen-bond acceptors (Lipinski definition) is 6. The van der Waals surface area contributed by atoms with Crippen molar-refractivity contribution in [1.82, 2.24) is 29.9 Å². The second kappa shape index (κ2) is 5.92. The predicted molar refractivity (Wildman–Crippen MR) is 74.0 cm³/mol. The minimum absolute atomic E-state index is 0.339. The summed E-state index contributed by atoms with van der Waals surface area (Å²) in [4.78, 5) is 6.33. The van der Waals surface area contributed by atoms with E-state index in [2.05, 4.69) is 58.7 Å². The Balaban J connectivity index is 2.17. The molecular formula is C12H21N7. The van der Waals surface area contributed by atoms with E-state index in [1.165, 1.54) is 0 Å². The summed E-state index contributed by atoms with van der Waals surface area (Å²) >= 11 is 0. The van der Waals surface area contributed by atoms with Gasteiger partial charge in [0.1, 0.15) is 0 Å². The Bertz CT molecular complexity index is 510. The first-order valence-electron chi connectivity index (χ1n) is 6.49. The van der Waals surface area contributed by atoms with Crippen LogP contribution in [0.25, 0.3) is 5.65 Å². The van der Waals surface area contributed by atoms with Crippen LogP contribution in [0.15, 0.2) is 12.4 Å². The van der Waals surface area contributed by atoms with Crippen molar-refractivity contribution in [1.29, 1.82) is 0 Å². The number of fused-ring (bicyclic) bond motifs is 1. The summed E-state index contributed by atoms with van der Waals surface area (Å²) in [5.74, 6) is 1.45. The fourth-order valence-electron chi connectivity index (χ4n) is 2.17. The first kappa shape index (κ1) is 13.7. The fraction of sp³-hybridized carbons (Fsp3) is 0.667. The van der Waals surface area contributed by atoms with Gasteiger partial charge in [-0.1, -0.05) is 13.8 Å². The molecule has 0 aliphatic rings. The lowest BCUT2D eigenvalue weighted by Gasteiger charge is -2.24. The van der Waals surface area contributed by atoms with Gasteiger partial charge in [-0.25, -0.2) is 0 Å². The minimum Gasteiger partial charge on any atom is -0.365 e. The lowest BCUT2D eigenvalue weighted by Crippen LogP contribution is -2.34. The Kier molecular flexibility index (Phi) is 4.26. The molecule has 1 unspecified atom stereocenters. The molecule has 2 heterocycles. The van der Waals surface area contributed by atoms with E-state index >= 15 is 0 Å². The van der Waals surface area contributed by atoms with Gasteiger partial charge in [-0.05, 0) is 36.9 Å². The third-order valence-electron chi connectivity index (χ3n) is 2.80. The molecule has 0 saturated carbocycles. The average Bonchev–Trinajstić information content (AvgIpc) is 2.76. The highest BCUT2D eigenvalue weighted by atomic mass is 15.5. The number of aromatic nitrogens is 5. The summed E-state index contributed by atoms with van der Waals surface area (Å²) in [6.07, 6.45) is 4.48. The van der Waals surface area contributed by atoms with Gasteiger partial charge in [0.05, 0.1) is 12.4 Å². The van der Waals surface area contributed by atoms with Gasteiger partial charge in [-0.3, -0.25) is 4.98 Å². The topological polar surface area (TPSA) is 71.2 Å². The van der Waals surface area contributed by atoms with E-state index in [4.69, 9.17) is 0 Å². The molecule has 0 aliphatic heterocycles. The third-order valence-corrected chi connectivity index (χ3v) is 2.80. The number of tetrazole rings is 1. The van der Waals surface area contributed by atoms with Crippen LogP contribution in [-0.2, 0) is 0 Å². The van der Waals surface area contributed by atoms with Crippen molar-refractivity contribution in [3.05, 3.63) is 12.4 Å². The molecule has 2 rings (SSSR count). The number of rotatable bonds is 6. The Hall–Kier alpha value is -1.76. The number of nitrogens with one attached hydrogen (secondary N) is 1. The predicted octanol–water partition coefficient (Wildman–Crippen LogP) is 0.907. The van der Waals surface area contributed by atoms with E-state index < -0.39 is 0 Å². The van der Waals surface area contributed by atoms with E-state index in [0.717, 1.165) is 18.8 Å². The maximum atomic E-state index is 4.16. The molecule has 7 nitrogen and oxygen atoms in total. The van der Waals surface area contributed by atoms with E-state index in [0.29, 0.717) is 17.6 Å². The van der Waals surface area contributed by atoms with E-state index in [1.54, 1.807) is 16.9 Å². The van der Waals surface area contributed by atoms with Crippen molar-refractivity contribution in [2.24, 2.45) is 5.92 Å². The minimum atomic E-state index is 0.339. The molecule has 2 aromatic heterocycles. The molecule has 2 aromatic rings. The smallest absolute Gasteiger partial charge is 0.199 e. The lowest BCUT2D eigenvalue weighted by atomic mass is 10.0. The fourth-order valence-corrected chi connectivity index (χ4v) is 2.17. The first-order valence-corrected chi connectivity index (χ1v) is 6.49. The summed E-state index contributed by atoms with van der Waals surface area (Å²) in [7, 11) is 4.15. The lowest BCUT2D eigenvalue weighted by molar-refractivity contribution is 0.355. The number of anilines is 1. The molecule has 0 fully saturated rings. The van der Waals surface area contributed by atoms with Gasteiger partial charge >= 0.3 is 0 Å². The van der Waals surface area contributed by atoms with E-state index in [1.807, 2.05) is 0 Å². The van der Waals surface area contributed by atoms with Gasteiger partial charge in [-0.2, -0.15) is 4.52 Å². The quantitative estimate of drug-likeness (QED) is 0.835. The van der Waals surface area contributed by atoms with Crippen molar-refractivity contribution in [2.75, 3.05) is 26.0 Å². The largest absolute Gasteiger partial charge is 0.365 e. The first-order chi connectivity index (χ1) is 9.06. The van der Waals surface area contributed by atoms with Gasteiger partial charge in [0.15, 0.2) is 11.5 Å². The Morgan fingerprint density at radius 1 is 1.32 bits per heavy atom. The van der Waals surface area contributed by atoms with Crippen LogP contribution in [-0.4, -0.2) is 56.6 Å². The van der Waals surface area contributed by atoms with Gasteiger partial charge in [-0.15, -0.1) is 5.10 Å². The standard InChI is InChI=1S/C12H21N7/c1-9(2)5-10(8-18(3)4)14-11-6-13-7-12-15-16-17-19(11)12/h6-7,9-10,14H,5,8H2,1-4H3. The SMILES string of the molecule is CC(C)CC(CN(C)C)Nc1cncc2nnnn12. The van der Waals surface area contributed by atoms with Crippen LogP contribution >= 0.6 is 0 Å². The molecule has 0 radical (unpaired) electrons. The summed E-state index contributed by atoms with van der Waals surface area (Å²) < 4.78 is 1.68. The Morgan fingerprint density at radius 3 is 2.79 bits per heavy atom. The molecule has 19 heavy (non-hydrogen) atoms. The average molecular weight is 263 g/mol. The zero-order chi connectivity index (χ0) is 13.8. The maximum Gasteiger partial charge on any atom is 0.199 e. The van der Waals surface area contributed by atoms with Crippen LogP contribution in [0.3, 0.4) is 0 Å². The Morgan fingerprint density at radius 2 is 2.11 bits per heavy atom. The van der Waals surface area contributed by atoms with Crippen LogP contribution in [0.2, 0.25) is 0 Å². The van der Waals surface area contributed by atoms with Gasteiger partial charge in [0.25, 0.3) is 0 Å². The van der Waals surface area contributed by atoms with Crippen molar-refractivity contribution in [3.63, 3.8) is 0 Å². The third kappa shape index (κ3) is 3.60. The molecule has 0 saturated heterocycles. The number of likely N-dealkylation sites (N-methyl/N-ethyl adjacent to an activating group) is 1. The van der Waals surface area contributed by atoms with Crippen molar-refractivity contribution < 1.29 is 0 Å². The van der Waals surface area contributed by atoms with Gasteiger partial charge in [0, 0.05) is 12.6 Å². The summed E-state index contributed by atoms with van der Waals surface area (Å²) in [6, 6.07) is 0.339. The van der Waals surface area contributed by atoms with Crippen LogP contribution in [0.5, 0.6) is 0 Å². The zero-order valence-corrected chi connectivity index (χ0v) is 11.9. The van der Waals surface area contributed by atoms with E-state index in [-0.39, 0.29) is 0 Å². The van der Waals surface area contributed by atoms with Crippen LogP contribution < -0.4 is 5.32 Å². The molecule has 0 amide bonds. The van der Waals surface area contributed by atoms with Crippen molar-refractivity contribution >= 4 is 11.5 Å². The van der Waals surface area contributed by atoms with Crippen molar-refractivity contribution in [2.45, 2.75) is 26.3 Å². The molecule has 0 aromatic carbocycles. The molecule has 7 heteroatoms. The Labute approximate surface area is 113 Å². The molecule has 0 spiro atoms. The van der Waals surface area contributed by atoms with E-state index in [9.17, 15) is 0 Å². The second-order valence-electron chi connectivity index (χ2n) is 5.47. The van der Waals surface area contributed by atoms with Crippen LogP contribution in [0, 0.1) is 5.92 Å². The van der Waals surface area contributed by atoms with Crippen molar-refractivity contribution in [3.8, 4) is 0 Å². The monoisotopic (exact) mass is 263 g/mol.